The SMILES string of the molecule is CCC1COC(CC)(C(=O)O)O1. The maximum absolute atomic E-state index is 10.8. The lowest BCUT2D eigenvalue weighted by Gasteiger charge is -2.20. The summed E-state index contributed by atoms with van der Waals surface area (Å²) in [7, 11) is 0. The molecule has 0 aliphatic carbocycles. The summed E-state index contributed by atoms with van der Waals surface area (Å²) in [6.45, 7) is 4.07. The molecule has 2 unspecified atom stereocenters. The van der Waals surface area contributed by atoms with Crippen LogP contribution in [-0.2, 0) is 14.3 Å². The van der Waals surface area contributed by atoms with Gasteiger partial charge in [-0.2, -0.15) is 0 Å². The second kappa shape index (κ2) is 3.41. The van der Waals surface area contributed by atoms with E-state index < -0.39 is 11.8 Å². The standard InChI is InChI=1S/C8H14O4/c1-3-6-5-11-8(4-2,12-6)7(9)10/h6H,3-5H2,1-2H3,(H,9,10). The Morgan fingerprint density at radius 3 is 2.58 bits per heavy atom. The van der Waals surface area contributed by atoms with Crippen LogP contribution in [-0.4, -0.2) is 29.6 Å². The van der Waals surface area contributed by atoms with Crippen molar-refractivity contribution in [3.63, 3.8) is 0 Å². The van der Waals surface area contributed by atoms with E-state index >= 15 is 0 Å². The van der Waals surface area contributed by atoms with E-state index in [1.807, 2.05) is 6.92 Å². The second-order valence-electron chi connectivity index (χ2n) is 2.87. The highest BCUT2D eigenvalue weighted by molar-refractivity contribution is 5.75. The summed E-state index contributed by atoms with van der Waals surface area (Å²) in [6.07, 6.45) is 1.06. The number of carboxylic acid groups (broad SMARTS) is 1. The molecule has 0 radical (unpaired) electrons. The Bertz CT molecular complexity index is 180. The molecule has 4 heteroatoms. The van der Waals surface area contributed by atoms with Gasteiger partial charge in [0.15, 0.2) is 0 Å². The fourth-order valence-corrected chi connectivity index (χ4v) is 1.21. The summed E-state index contributed by atoms with van der Waals surface area (Å²) in [5, 5.41) is 8.83. The first-order valence-electron chi connectivity index (χ1n) is 4.19. The minimum absolute atomic E-state index is 0.0685. The third kappa shape index (κ3) is 1.44. The molecule has 0 amide bonds. The highest BCUT2D eigenvalue weighted by Gasteiger charge is 2.46. The zero-order chi connectivity index (χ0) is 9.19. The molecular formula is C8H14O4. The van der Waals surface area contributed by atoms with Crippen LogP contribution >= 0.6 is 0 Å². The summed E-state index contributed by atoms with van der Waals surface area (Å²) >= 11 is 0. The van der Waals surface area contributed by atoms with Crippen molar-refractivity contribution >= 4 is 5.97 Å². The fraction of sp³-hybridized carbons (Fsp3) is 0.875. The lowest BCUT2D eigenvalue weighted by Crippen LogP contribution is -2.39. The minimum Gasteiger partial charge on any atom is -0.477 e. The van der Waals surface area contributed by atoms with E-state index in [0.29, 0.717) is 13.0 Å². The zero-order valence-corrected chi connectivity index (χ0v) is 7.37. The monoisotopic (exact) mass is 174 g/mol. The molecule has 1 aliphatic heterocycles. The lowest BCUT2D eigenvalue weighted by molar-refractivity contribution is -0.206. The van der Waals surface area contributed by atoms with E-state index in [9.17, 15) is 4.79 Å². The van der Waals surface area contributed by atoms with Crippen molar-refractivity contribution < 1.29 is 19.4 Å². The summed E-state index contributed by atoms with van der Waals surface area (Å²) in [5.74, 6) is -2.40. The molecule has 0 spiro atoms. The van der Waals surface area contributed by atoms with Gasteiger partial charge >= 0.3 is 5.97 Å². The van der Waals surface area contributed by atoms with Crippen LogP contribution in [0.15, 0.2) is 0 Å². The number of carboxylic acids is 1. The highest BCUT2D eigenvalue weighted by Crippen LogP contribution is 2.28. The predicted molar refractivity (Wildman–Crippen MR) is 41.8 cm³/mol. The van der Waals surface area contributed by atoms with E-state index in [-0.39, 0.29) is 6.10 Å². The molecule has 1 aliphatic rings. The second-order valence-corrected chi connectivity index (χ2v) is 2.87. The largest absolute Gasteiger partial charge is 0.477 e. The Labute approximate surface area is 71.5 Å². The van der Waals surface area contributed by atoms with Gasteiger partial charge in [-0.25, -0.2) is 4.79 Å². The average Bonchev–Trinajstić information content (AvgIpc) is 2.48. The molecule has 1 fully saturated rings. The van der Waals surface area contributed by atoms with Crippen molar-refractivity contribution in [1.82, 2.24) is 0 Å². The van der Waals surface area contributed by atoms with Crippen molar-refractivity contribution in [3.05, 3.63) is 0 Å². The summed E-state index contributed by atoms with van der Waals surface area (Å²) in [4.78, 5) is 10.8. The summed E-state index contributed by atoms with van der Waals surface area (Å²) in [5.41, 5.74) is 0. The van der Waals surface area contributed by atoms with E-state index in [1.165, 1.54) is 0 Å². The molecule has 0 aromatic carbocycles. The fourth-order valence-electron chi connectivity index (χ4n) is 1.21. The van der Waals surface area contributed by atoms with E-state index in [4.69, 9.17) is 14.6 Å². The van der Waals surface area contributed by atoms with Crippen LogP contribution in [0.4, 0.5) is 0 Å². The number of carbonyl (C=O) groups is 1. The van der Waals surface area contributed by atoms with Crippen molar-refractivity contribution in [1.29, 1.82) is 0 Å². The van der Waals surface area contributed by atoms with Crippen molar-refractivity contribution in [2.45, 2.75) is 38.6 Å². The first-order chi connectivity index (χ1) is 5.64. The zero-order valence-electron chi connectivity index (χ0n) is 7.37. The van der Waals surface area contributed by atoms with Gasteiger partial charge < -0.3 is 14.6 Å². The molecule has 1 rings (SSSR count). The predicted octanol–water partition coefficient (Wildman–Crippen LogP) is 1.00. The van der Waals surface area contributed by atoms with E-state index in [1.54, 1.807) is 6.92 Å². The first kappa shape index (κ1) is 9.48. The van der Waals surface area contributed by atoms with E-state index in [2.05, 4.69) is 0 Å². The van der Waals surface area contributed by atoms with Crippen LogP contribution in [0.5, 0.6) is 0 Å². The quantitative estimate of drug-likeness (QED) is 0.693. The molecule has 0 saturated carbocycles. The number of ether oxygens (including phenoxy) is 2. The number of rotatable bonds is 3. The Kier molecular flexibility index (Phi) is 2.69. The highest BCUT2D eigenvalue weighted by atomic mass is 16.8. The lowest BCUT2D eigenvalue weighted by atomic mass is 10.2. The Hall–Kier alpha value is -0.610. The van der Waals surface area contributed by atoms with Gasteiger partial charge in [0.25, 0.3) is 5.79 Å². The number of hydrogen-bond acceptors (Lipinski definition) is 3. The van der Waals surface area contributed by atoms with Gasteiger partial charge in [-0.1, -0.05) is 13.8 Å². The van der Waals surface area contributed by atoms with Gasteiger partial charge in [0.1, 0.15) is 0 Å². The summed E-state index contributed by atoms with van der Waals surface area (Å²) < 4.78 is 10.4. The van der Waals surface area contributed by atoms with Crippen molar-refractivity contribution in [2.24, 2.45) is 0 Å². The molecule has 12 heavy (non-hydrogen) atoms. The Morgan fingerprint density at radius 1 is 1.67 bits per heavy atom. The van der Waals surface area contributed by atoms with Crippen LogP contribution in [0.25, 0.3) is 0 Å². The first-order valence-corrected chi connectivity index (χ1v) is 4.19. The minimum atomic E-state index is -1.37. The maximum atomic E-state index is 10.8. The van der Waals surface area contributed by atoms with Crippen LogP contribution in [0, 0.1) is 0 Å². The number of hydrogen-bond donors (Lipinski definition) is 1. The topological polar surface area (TPSA) is 55.8 Å². The smallest absolute Gasteiger partial charge is 0.364 e. The van der Waals surface area contributed by atoms with Gasteiger partial charge in [0, 0.05) is 6.42 Å². The molecule has 1 N–H and O–H groups in total. The average molecular weight is 174 g/mol. The van der Waals surface area contributed by atoms with Crippen LogP contribution in [0.1, 0.15) is 26.7 Å². The molecule has 1 heterocycles. The van der Waals surface area contributed by atoms with Gasteiger partial charge in [-0.05, 0) is 6.42 Å². The molecule has 2 atom stereocenters. The molecule has 0 aromatic rings. The maximum Gasteiger partial charge on any atom is 0.364 e. The molecule has 1 saturated heterocycles. The van der Waals surface area contributed by atoms with Crippen molar-refractivity contribution in [3.8, 4) is 0 Å². The Balaban J connectivity index is 2.66. The third-order valence-electron chi connectivity index (χ3n) is 2.11. The van der Waals surface area contributed by atoms with E-state index in [0.717, 1.165) is 6.42 Å². The molecular weight excluding hydrogens is 160 g/mol. The molecule has 0 bridgehead atoms. The normalized spacial score (nSPS) is 35.3. The number of aliphatic carboxylic acids is 1. The van der Waals surface area contributed by atoms with Crippen LogP contribution < -0.4 is 0 Å². The third-order valence-corrected chi connectivity index (χ3v) is 2.11. The Morgan fingerprint density at radius 2 is 2.33 bits per heavy atom. The van der Waals surface area contributed by atoms with Crippen LogP contribution in [0.3, 0.4) is 0 Å². The molecule has 0 aromatic heterocycles. The van der Waals surface area contributed by atoms with Gasteiger partial charge in [-0.15, -0.1) is 0 Å². The van der Waals surface area contributed by atoms with Crippen LogP contribution in [0.2, 0.25) is 0 Å². The van der Waals surface area contributed by atoms with Gasteiger partial charge in [-0.3, -0.25) is 0 Å². The van der Waals surface area contributed by atoms with Gasteiger partial charge in [0.05, 0.1) is 12.7 Å². The van der Waals surface area contributed by atoms with Crippen molar-refractivity contribution in [2.75, 3.05) is 6.61 Å². The van der Waals surface area contributed by atoms with Gasteiger partial charge in [0.2, 0.25) is 0 Å². The molecule has 70 valence electrons. The molecule has 4 nitrogen and oxygen atoms in total. The summed E-state index contributed by atoms with van der Waals surface area (Å²) in [6, 6.07) is 0.